The Hall–Kier alpha value is -3.42. The molecule has 0 fully saturated rings. The first kappa shape index (κ1) is 30.6. The number of ketones is 4. The number of carbonyl (C=O) groups excluding carboxylic acids is 6. The fourth-order valence-electron chi connectivity index (χ4n) is 2.99. The van der Waals surface area contributed by atoms with E-state index in [1.54, 1.807) is 0 Å². The summed E-state index contributed by atoms with van der Waals surface area (Å²) in [6, 6.07) is -1.71. The fourth-order valence-corrected chi connectivity index (χ4v) is 2.99. The van der Waals surface area contributed by atoms with Crippen molar-refractivity contribution in [2.24, 2.45) is 28.7 Å². The minimum Gasteiger partial charge on any atom is -0.346 e. The molecule has 0 aliphatic rings. The van der Waals surface area contributed by atoms with Gasteiger partial charge >= 0.3 is 0 Å². The van der Waals surface area contributed by atoms with E-state index in [2.05, 4.69) is 15.9 Å². The first-order chi connectivity index (χ1) is 15.8. The van der Waals surface area contributed by atoms with Crippen LogP contribution < -0.4 is 28.2 Å². The molecular formula is C20H37N8O6+. The predicted molar refractivity (Wildman–Crippen MR) is 120 cm³/mol. The third-order valence-corrected chi connectivity index (χ3v) is 5.08. The summed E-state index contributed by atoms with van der Waals surface area (Å²) in [5, 5.41) is 9.17. The van der Waals surface area contributed by atoms with Crippen LogP contribution >= 0.6 is 0 Å². The summed E-state index contributed by atoms with van der Waals surface area (Å²) in [4.78, 5) is 72.1. The summed E-state index contributed by atoms with van der Waals surface area (Å²) in [6.45, 7) is 5.17. The topological polar surface area (TPSA) is 223 Å². The SMILES string of the molecule is CC(=O)CC[C@H](NC(=O)CC[C@H](CN(N)[N+](N)=NN)C(=O)N[C@@H](CCC(C)=O)C(C)=O)C(C)=O. The Bertz CT molecular complexity index is 800. The first-order valence-corrected chi connectivity index (χ1v) is 10.9. The summed E-state index contributed by atoms with van der Waals surface area (Å²) >= 11 is 0. The molecule has 0 aliphatic heterocycles. The van der Waals surface area contributed by atoms with Crippen molar-refractivity contribution in [2.45, 2.75) is 78.3 Å². The maximum atomic E-state index is 12.9. The highest BCUT2D eigenvalue weighted by molar-refractivity contribution is 5.90. The maximum absolute atomic E-state index is 12.9. The molecule has 0 spiro atoms. The lowest BCUT2D eigenvalue weighted by Gasteiger charge is -2.23. The first-order valence-electron chi connectivity index (χ1n) is 10.9. The highest BCUT2D eigenvalue weighted by Gasteiger charge is 2.28. The van der Waals surface area contributed by atoms with Gasteiger partial charge in [-0.3, -0.25) is 19.2 Å². The van der Waals surface area contributed by atoms with Crippen molar-refractivity contribution in [3.05, 3.63) is 0 Å². The van der Waals surface area contributed by atoms with Gasteiger partial charge in [-0.05, 0) is 47.0 Å². The van der Waals surface area contributed by atoms with Crippen molar-refractivity contribution >= 4 is 34.9 Å². The molecule has 14 nitrogen and oxygen atoms in total. The van der Waals surface area contributed by atoms with Crippen LogP contribution in [0.2, 0.25) is 0 Å². The zero-order valence-electron chi connectivity index (χ0n) is 20.2. The van der Waals surface area contributed by atoms with E-state index in [-0.39, 0.29) is 68.2 Å². The van der Waals surface area contributed by atoms with E-state index < -0.39 is 29.8 Å². The molecule has 0 rings (SSSR count). The predicted octanol–water partition coefficient (Wildman–Crippen LogP) is -1.43. The second-order valence-electron chi connectivity index (χ2n) is 8.18. The number of nitrogens with one attached hydrogen (secondary N) is 2. The van der Waals surface area contributed by atoms with Gasteiger partial charge in [0.25, 0.3) is 0 Å². The zero-order chi connectivity index (χ0) is 26.4. The van der Waals surface area contributed by atoms with Crippen molar-refractivity contribution in [2.75, 3.05) is 6.54 Å². The van der Waals surface area contributed by atoms with Gasteiger partial charge in [-0.25, -0.2) is 11.7 Å². The summed E-state index contributed by atoms with van der Waals surface area (Å²) < 4.78 is 0. The van der Waals surface area contributed by atoms with E-state index in [1.807, 2.05) is 0 Å². The lowest BCUT2D eigenvalue weighted by atomic mass is 9.99. The van der Waals surface area contributed by atoms with Gasteiger partial charge in [-0.1, -0.05) is 0 Å². The average molecular weight is 486 g/mol. The monoisotopic (exact) mass is 485 g/mol. The van der Waals surface area contributed by atoms with Crippen LogP contribution in [0.15, 0.2) is 5.22 Å². The molecule has 0 aromatic rings. The summed E-state index contributed by atoms with van der Waals surface area (Å²) in [7, 11) is 0. The van der Waals surface area contributed by atoms with Crippen molar-refractivity contribution in [1.82, 2.24) is 15.8 Å². The summed E-state index contributed by atoms with van der Waals surface area (Å²) in [6.07, 6.45) is 0.382. The Morgan fingerprint density at radius 1 is 0.824 bits per heavy atom. The van der Waals surface area contributed by atoms with E-state index in [0.717, 1.165) is 5.12 Å². The molecule has 192 valence electrons. The number of hydrogen-bond acceptors (Lipinski definition) is 8. The minimum atomic E-state index is -0.921. The standard InChI is InChI=1S/C20H36N8O6/c1-12(29)5-8-17(14(3)31)24-19(33)10-7-16(11-27(22)28(23)26-21)20(34)25-18(15(4)32)9-6-13(2)30/h16-18,21H,5-11,22-23H2,1-4H3,(H2,24,25,33,34)/p+1/t16-,17+,18+/m1/s1. The van der Waals surface area contributed by atoms with Crippen LogP contribution in [0.3, 0.4) is 0 Å². The third kappa shape index (κ3) is 12.6. The van der Waals surface area contributed by atoms with Crippen molar-refractivity contribution in [3.8, 4) is 0 Å². The lowest BCUT2D eigenvalue weighted by molar-refractivity contribution is -0.758. The molecule has 0 aliphatic carbocycles. The van der Waals surface area contributed by atoms with E-state index in [1.165, 1.54) is 27.7 Å². The number of rotatable bonds is 17. The number of Topliss-reactive ketones (excluding diaryl/α,β-unsaturated/α-hetero) is 4. The van der Waals surface area contributed by atoms with Gasteiger partial charge in [0.15, 0.2) is 11.6 Å². The molecule has 0 radical (unpaired) electrons. The summed E-state index contributed by atoms with van der Waals surface area (Å²) in [5.41, 5.74) is 0. The molecule has 14 heteroatoms. The Kier molecular flexibility index (Phi) is 13.9. The highest BCUT2D eigenvalue weighted by Crippen LogP contribution is 2.11. The van der Waals surface area contributed by atoms with Crippen molar-refractivity contribution in [1.29, 1.82) is 0 Å². The van der Waals surface area contributed by atoms with Gasteiger partial charge in [0.05, 0.1) is 29.5 Å². The molecule has 0 bridgehead atoms. The molecule has 0 saturated carbocycles. The number of hydrogen-bond donors (Lipinski definition) is 5. The number of nitrogens with zero attached hydrogens (tertiary/aromatic N) is 3. The molecule has 2 amide bonds. The van der Waals surface area contributed by atoms with Crippen LogP contribution in [-0.4, -0.2) is 63.6 Å². The van der Waals surface area contributed by atoms with Crippen molar-refractivity contribution < 1.29 is 33.7 Å². The van der Waals surface area contributed by atoms with Crippen LogP contribution in [0.1, 0.15) is 66.2 Å². The van der Waals surface area contributed by atoms with E-state index in [4.69, 9.17) is 17.5 Å². The third-order valence-electron chi connectivity index (χ3n) is 5.08. The largest absolute Gasteiger partial charge is 0.346 e. The van der Waals surface area contributed by atoms with Gasteiger partial charge in [-0.15, -0.1) is 5.12 Å². The lowest BCUT2D eigenvalue weighted by Crippen LogP contribution is -2.51. The molecule has 0 saturated heterocycles. The van der Waals surface area contributed by atoms with Crippen LogP contribution in [-0.2, 0) is 28.8 Å². The smallest absolute Gasteiger partial charge is 0.225 e. The molecule has 34 heavy (non-hydrogen) atoms. The highest BCUT2D eigenvalue weighted by atomic mass is 16.2. The Morgan fingerprint density at radius 2 is 1.29 bits per heavy atom. The second kappa shape index (κ2) is 15.4. The summed E-state index contributed by atoms with van der Waals surface area (Å²) in [5.74, 6) is 13.4. The fraction of sp³-hybridized carbons (Fsp3) is 0.700. The number of carbonyl (C=O) groups is 6. The van der Waals surface area contributed by atoms with Gasteiger partial charge in [0.1, 0.15) is 16.8 Å². The molecule has 0 aromatic heterocycles. The van der Waals surface area contributed by atoms with Crippen LogP contribution in [0.4, 0.5) is 0 Å². The van der Waals surface area contributed by atoms with Crippen molar-refractivity contribution in [3.63, 3.8) is 0 Å². The van der Waals surface area contributed by atoms with Gasteiger partial charge < -0.3 is 20.2 Å². The maximum Gasteiger partial charge on any atom is 0.225 e. The Labute approximate surface area is 198 Å². The van der Waals surface area contributed by atoms with Crippen LogP contribution in [0, 0.1) is 5.92 Å². The number of nitrogens with two attached hydrogens (primary N) is 3. The van der Waals surface area contributed by atoms with Crippen LogP contribution in [0.5, 0.6) is 0 Å². The quantitative estimate of drug-likeness (QED) is 0.0698. The minimum absolute atomic E-state index is 0.0154. The molecular weight excluding hydrogens is 448 g/mol. The molecule has 0 aromatic carbocycles. The van der Waals surface area contributed by atoms with E-state index in [0.29, 0.717) is 4.92 Å². The average Bonchev–Trinajstić information content (AvgIpc) is 2.74. The molecule has 0 unspecified atom stereocenters. The number of hydrazine groups is 3. The zero-order valence-corrected chi connectivity index (χ0v) is 20.2. The normalized spacial score (nSPS) is 13.9. The van der Waals surface area contributed by atoms with Crippen LogP contribution in [0.25, 0.3) is 0 Å². The van der Waals surface area contributed by atoms with Gasteiger partial charge in [0, 0.05) is 19.3 Å². The molecule has 8 N–H and O–H groups in total. The Balaban J connectivity index is 5.34. The second-order valence-corrected chi connectivity index (χ2v) is 8.18. The van der Waals surface area contributed by atoms with Gasteiger partial charge in [0.2, 0.25) is 11.8 Å². The molecule has 3 atom stereocenters. The van der Waals surface area contributed by atoms with E-state index in [9.17, 15) is 28.8 Å². The van der Waals surface area contributed by atoms with Gasteiger partial charge in [-0.2, -0.15) is 5.84 Å². The molecule has 0 heterocycles. The Morgan fingerprint density at radius 3 is 1.71 bits per heavy atom. The number of amides is 2. The van der Waals surface area contributed by atoms with E-state index >= 15 is 0 Å².